The van der Waals surface area contributed by atoms with Crippen molar-refractivity contribution in [3.05, 3.63) is 22.8 Å². The highest BCUT2D eigenvalue weighted by molar-refractivity contribution is 5.27. The average Bonchev–Trinajstić information content (AvgIpc) is 2.01. The Labute approximate surface area is 86.0 Å². The van der Waals surface area contributed by atoms with Crippen LogP contribution in [0.3, 0.4) is 0 Å². The molecule has 0 saturated heterocycles. The molecule has 1 aromatic heterocycles. The average molecular weight is 193 g/mol. The second-order valence-corrected chi connectivity index (χ2v) is 3.91. The Morgan fingerprint density at radius 2 is 1.64 bits per heavy atom. The van der Waals surface area contributed by atoms with Gasteiger partial charge in [0.05, 0.1) is 6.54 Å². The summed E-state index contributed by atoms with van der Waals surface area (Å²) in [7, 11) is 1.91. The maximum absolute atomic E-state index is 4.47. The van der Waals surface area contributed by atoms with Crippen LogP contribution in [-0.4, -0.2) is 17.0 Å². The molecule has 0 aromatic carbocycles. The van der Waals surface area contributed by atoms with Gasteiger partial charge in [0, 0.05) is 11.4 Å². The summed E-state index contributed by atoms with van der Waals surface area (Å²) in [6, 6.07) is 0. The van der Waals surface area contributed by atoms with Gasteiger partial charge >= 0.3 is 0 Å². The number of hydrogen-bond donors (Lipinski definition) is 1. The number of rotatable bonds is 3. The molecule has 1 N–H and O–H groups in total. The van der Waals surface area contributed by atoms with Crippen LogP contribution >= 0.6 is 0 Å². The van der Waals surface area contributed by atoms with E-state index in [0.717, 1.165) is 23.8 Å². The topological polar surface area (TPSA) is 37.8 Å². The summed E-state index contributed by atoms with van der Waals surface area (Å²) in [5, 5.41) is 3.06. The molecule has 0 unspecified atom stereocenters. The van der Waals surface area contributed by atoms with Crippen LogP contribution in [0.5, 0.6) is 0 Å². The Morgan fingerprint density at radius 1 is 1.14 bits per heavy atom. The Balaban J connectivity index is 3.11. The maximum Gasteiger partial charge on any atom is 0.142 e. The highest BCUT2D eigenvalue weighted by atomic mass is 15.0. The Kier molecular flexibility index (Phi) is 3.58. The summed E-state index contributed by atoms with van der Waals surface area (Å²) in [5.41, 5.74) is 3.50. The van der Waals surface area contributed by atoms with E-state index in [1.54, 1.807) is 0 Å². The van der Waals surface area contributed by atoms with Gasteiger partial charge in [-0.2, -0.15) is 0 Å². The normalized spacial score (nSPS) is 11.0. The molecule has 0 fully saturated rings. The zero-order valence-electron chi connectivity index (χ0n) is 9.68. The molecular formula is C11H19N3. The van der Waals surface area contributed by atoms with Crippen LogP contribution in [-0.2, 0) is 6.54 Å². The SMILES string of the molecule is CNCc1nc(C)c(C(C)C)c(C)n1. The Bertz CT molecular complexity index is 295. The zero-order valence-corrected chi connectivity index (χ0v) is 9.68. The quantitative estimate of drug-likeness (QED) is 0.797. The fraction of sp³-hybridized carbons (Fsp3) is 0.636. The van der Waals surface area contributed by atoms with E-state index in [-0.39, 0.29) is 0 Å². The molecule has 0 spiro atoms. The van der Waals surface area contributed by atoms with E-state index in [1.165, 1.54) is 5.56 Å². The largest absolute Gasteiger partial charge is 0.313 e. The van der Waals surface area contributed by atoms with Crippen LogP contribution in [0, 0.1) is 13.8 Å². The van der Waals surface area contributed by atoms with Gasteiger partial charge in [0.1, 0.15) is 5.82 Å². The first-order chi connectivity index (χ1) is 6.56. The van der Waals surface area contributed by atoms with Crippen LogP contribution in [0.4, 0.5) is 0 Å². The zero-order chi connectivity index (χ0) is 10.7. The summed E-state index contributed by atoms with van der Waals surface area (Å²) in [4.78, 5) is 8.94. The van der Waals surface area contributed by atoms with E-state index in [9.17, 15) is 0 Å². The van der Waals surface area contributed by atoms with Crippen molar-refractivity contribution >= 4 is 0 Å². The first-order valence-corrected chi connectivity index (χ1v) is 5.04. The summed E-state index contributed by atoms with van der Waals surface area (Å²) in [6.07, 6.45) is 0. The van der Waals surface area contributed by atoms with Gasteiger partial charge in [-0.1, -0.05) is 13.8 Å². The standard InChI is InChI=1S/C11H19N3/c1-7(2)11-8(3)13-10(6-12-5)14-9(11)4/h7,12H,6H2,1-5H3. The highest BCUT2D eigenvalue weighted by Gasteiger charge is 2.10. The molecule has 1 aromatic rings. The van der Waals surface area contributed by atoms with Crippen molar-refractivity contribution in [3.8, 4) is 0 Å². The van der Waals surface area contributed by atoms with Crippen molar-refractivity contribution in [2.24, 2.45) is 0 Å². The third-order valence-electron chi connectivity index (χ3n) is 2.29. The number of aromatic nitrogens is 2. The molecule has 0 radical (unpaired) electrons. The fourth-order valence-corrected chi connectivity index (χ4v) is 1.87. The first-order valence-electron chi connectivity index (χ1n) is 5.04. The van der Waals surface area contributed by atoms with Gasteiger partial charge in [-0.3, -0.25) is 0 Å². The maximum atomic E-state index is 4.47. The Hall–Kier alpha value is -0.960. The smallest absolute Gasteiger partial charge is 0.142 e. The molecule has 0 atom stereocenters. The van der Waals surface area contributed by atoms with Crippen LogP contribution in [0.2, 0.25) is 0 Å². The van der Waals surface area contributed by atoms with Gasteiger partial charge in [-0.15, -0.1) is 0 Å². The lowest BCUT2D eigenvalue weighted by Gasteiger charge is -2.13. The second-order valence-electron chi connectivity index (χ2n) is 3.91. The molecule has 0 amide bonds. The third-order valence-corrected chi connectivity index (χ3v) is 2.29. The van der Waals surface area contributed by atoms with Gasteiger partial charge in [0.15, 0.2) is 0 Å². The molecule has 3 nitrogen and oxygen atoms in total. The minimum Gasteiger partial charge on any atom is -0.313 e. The van der Waals surface area contributed by atoms with Crippen LogP contribution in [0.1, 0.15) is 42.5 Å². The van der Waals surface area contributed by atoms with Crippen LogP contribution in [0.25, 0.3) is 0 Å². The van der Waals surface area contributed by atoms with Crippen LogP contribution < -0.4 is 5.32 Å². The molecular weight excluding hydrogens is 174 g/mol. The predicted octanol–water partition coefficient (Wildman–Crippen LogP) is 1.94. The van der Waals surface area contributed by atoms with E-state index >= 15 is 0 Å². The molecule has 3 heteroatoms. The number of nitrogens with one attached hydrogen (secondary N) is 1. The number of aryl methyl sites for hydroxylation is 2. The third kappa shape index (κ3) is 2.29. The van der Waals surface area contributed by atoms with Gasteiger partial charge in [0.25, 0.3) is 0 Å². The van der Waals surface area contributed by atoms with Gasteiger partial charge in [0.2, 0.25) is 0 Å². The molecule has 1 rings (SSSR count). The van der Waals surface area contributed by atoms with Crippen molar-refractivity contribution < 1.29 is 0 Å². The van der Waals surface area contributed by atoms with Gasteiger partial charge in [-0.05, 0) is 32.4 Å². The molecule has 14 heavy (non-hydrogen) atoms. The van der Waals surface area contributed by atoms with Crippen molar-refractivity contribution in [1.82, 2.24) is 15.3 Å². The summed E-state index contributed by atoms with van der Waals surface area (Å²) >= 11 is 0. The van der Waals surface area contributed by atoms with E-state index in [1.807, 2.05) is 7.05 Å². The van der Waals surface area contributed by atoms with E-state index in [2.05, 4.69) is 43.0 Å². The van der Waals surface area contributed by atoms with Crippen LogP contribution in [0.15, 0.2) is 0 Å². The summed E-state index contributed by atoms with van der Waals surface area (Å²) in [6.45, 7) is 9.21. The Morgan fingerprint density at radius 3 is 2.00 bits per heavy atom. The molecule has 0 saturated carbocycles. The monoisotopic (exact) mass is 193 g/mol. The summed E-state index contributed by atoms with van der Waals surface area (Å²) < 4.78 is 0. The predicted molar refractivity (Wildman–Crippen MR) is 58.4 cm³/mol. The van der Waals surface area contributed by atoms with Crippen molar-refractivity contribution in [2.75, 3.05) is 7.05 Å². The minimum atomic E-state index is 0.499. The summed E-state index contributed by atoms with van der Waals surface area (Å²) in [5.74, 6) is 1.38. The molecule has 0 aliphatic carbocycles. The van der Waals surface area contributed by atoms with E-state index < -0.39 is 0 Å². The fourth-order valence-electron chi connectivity index (χ4n) is 1.87. The lowest BCUT2D eigenvalue weighted by Crippen LogP contribution is -2.13. The first kappa shape index (κ1) is 11.1. The van der Waals surface area contributed by atoms with Gasteiger partial charge < -0.3 is 5.32 Å². The van der Waals surface area contributed by atoms with Crippen molar-refractivity contribution in [2.45, 2.75) is 40.2 Å². The molecule has 0 aliphatic heterocycles. The van der Waals surface area contributed by atoms with Crippen molar-refractivity contribution in [3.63, 3.8) is 0 Å². The van der Waals surface area contributed by atoms with E-state index in [0.29, 0.717) is 5.92 Å². The van der Waals surface area contributed by atoms with E-state index in [4.69, 9.17) is 0 Å². The lowest BCUT2D eigenvalue weighted by atomic mass is 10.0. The van der Waals surface area contributed by atoms with Crippen molar-refractivity contribution in [1.29, 1.82) is 0 Å². The molecule has 0 bridgehead atoms. The number of nitrogens with zero attached hydrogens (tertiary/aromatic N) is 2. The van der Waals surface area contributed by atoms with Gasteiger partial charge in [-0.25, -0.2) is 9.97 Å². The highest BCUT2D eigenvalue weighted by Crippen LogP contribution is 2.20. The second kappa shape index (κ2) is 4.51. The molecule has 1 heterocycles. The number of hydrogen-bond acceptors (Lipinski definition) is 3. The molecule has 78 valence electrons. The lowest BCUT2D eigenvalue weighted by molar-refractivity contribution is 0.725. The molecule has 0 aliphatic rings. The minimum absolute atomic E-state index is 0.499.